The number of ether oxygens (including phenoxy) is 1. The molecule has 1 rings (SSSR count). The number of halogens is 1. The van der Waals surface area contributed by atoms with Gasteiger partial charge < -0.3 is 15.4 Å². The average Bonchev–Trinajstić information content (AvgIpc) is 2.35. The fraction of sp³-hybridized carbons (Fsp3) is 0.467. The fourth-order valence-electron chi connectivity index (χ4n) is 1.57. The standard InChI is InChI=1S/C15H20ClN3O2/c1-10(18-14(20)21-15(2,3)4)13(9-17)19-12-7-5-11(16)6-8-12/h5-8,10,13,19H,1-4H3,(H,18,20). The second kappa shape index (κ2) is 7.19. The van der Waals surface area contributed by atoms with Gasteiger partial charge in [0.2, 0.25) is 0 Å². The van der Waals surface area contributed by atoms with Crippen molar-refractivity contribution in [2.75, 3.05) is 5.32 Å². The van der Waals surface area contributed by atoms with Crippen LogP contribution in [-0.2, 0) is 4.74 Å². The Kier molecular flexibility index (Phi) is 5.86. The largest absolute Gasteiger partial charge is 0.444 e. The number of nitrogens with one attached hydrogen (secondary N) is 2. The van der Waals surface area contributed by atoms with E-state index in [1.807, 2.05) is 0 Å². The van der Waals surface area contributed by atoms with Gasteiger partial charge in [-0.15, -0.1) is 0 Å². The van der Waals surface area contributed by atoms with Crippen LogP contribution in [-0.4, -0.2) is 23.8 Å². The first kappa shape index (κ1) is 17.1. The molecule has 114 valence electrons. The summed E-state index contributed by atoms with van der Waals surface area (Å²) >= 11 is 5.81. The Morgan fingerprint density at radius 3 is 2.38 bits per heavy atom. The molecule has 2 atom stereocenters. The Labute approximate surface area is 130 Å². The summed E-state index contributed by atoms with van der Waals surface area (Å²) in [4.78, 5) is 11.7. The summed E-state index contributed by atoms with van der Waals surface area (Å²) in [5.41, 5.74) is 0.180. The van der Waals surface area contributed by atoms with Gasteiger partial charge in [0, 0.05) is 10.7 Å². The summed E-state index contributed by atoms with van der Waals surface area (Å²) in [6.07, 6.45) is -0.548. The smallest absolute Gasteiger partial charge is 0.407 e. The third kappa shape index (κ3) is 6.37. The minimum Gasteiger partial charge on any atom is -0.444 e. The minimum absolute atomic E-state index is 0.416. The lowest BCUT2D eigenvalue weighted by atomic mass is 10.1. The molecule has 0 aliphatic heterocycles. The number of benzene rings is 1. The van der Waals surface area contributed by atoms with E-state index in [0.717, 1.165) is 5.69 Å². The van der Waals surface area contributed by atoms with Crippen LogP contribution < -0.4 is 10.6 Å². The van der Waals surface area contributed by atoms with Gasteiger partial charge in [-0.1, -0.05) is 11.6 Å². The third-order valence-electron chi connectivity index (χ3n) is 2.55. The van der Waals surface area contributed by atoms with Crippen molar-refractivity contribution in [1.82, 2.24) is 5.32 Å². The zero-order valence-electron chi connectivity index (χ0n) is 12.6. The average molecular weight is 310 g/mol. The molecule has 0 spiro atoms. The molecule has 0 aliphatic rings. The molecule has 6 heteroatoms. The predicted octanol–water partition coefficient (Wildman–Crippen LogP) is 3.56. The molecule has 0 fully saturated rings. The number of alkyl carbamates (subject to hydrolysis) is 1. The topological polar surface area (TPSA) is 74.1 Å². The molecule has 0 aliphatic carbocycles. The maximum absolute atomic E-state index is 11.7. The first-order valence-corrected chi connectivity index (χ1v) is 7.00. The van der Waals surface area contributed by atoms with Crippen LogP contribution in [0.25, 0.3) is 0 Å². The molecular weight excluding hydrogens is 290 g/mol. The van der Waals surface area contributed by atoms with Gasteiger partial charge in [0.15, 0.2) is 0 Å². The van der Waals surface area contributed by atoms with E-state index in [-0.39, 0.29) is 0 Å². The highest BCUT2D eigenvalue weighted by Gasteiger charge is 2.22. The summed E-state index contributed by atoms with van der Waals surface area (Å²) in [5.74, 6) is 0. The number of hydrogen-bond donors (Lipinski definition) is 2. The SMILES string of the molecule is CC(NC(=O)OC(C)(C)C)C(C#N)Nc1ccc(Cl)cc1. The Balaban J connectivity index is 2.61. The van der Waals surface area contributed by atoms with Crippen LogP contribution in [0.3, 0.4) is 0 Å². The Hall–Kier alpha value is -1.93. The van der Waals surface area contributed by atoms with Crippen LogP contribution in [0.15, 0.2) is 24.3 Å². The van der Waals surface area contributed by atoms with Crippen LogP contribution in [0, 0.1) is 11.3 Å². The van der Waals surface area contributed by atoms with Crippen molar-refractivity contribution in [2.45, 2.75) is 45.4 Å². The van der Waals surface area contributed by atoms with Gasteiger partial charge in [-0.05, 0) is 52.0 Å². The first-order valence-electron chi connectivity index (χ1n) is 6.62. The van der Waals surface area contributed by atoms with E-state index in [1.54, 1.807) is 52.0 Å². The number of nitrogens with zero attached hydrogens (tertiary/aromatic N) is 1. The zero-order valence-corrected chi connectivity index (χ0v) is 13.4. The van der Waals surface area contributed by atoms with Gasteiger partial charge in [-0.3, -0.25) is 0 Å². The lowest BCUT2D eigenvalue weighted by Gasteiger charge is -2.24. The third-order valence-corrected chi connectivity index (χ3v) is 2.80. The molecule has 0 heterocycles. The molecule has 2 unspecified atom stereocenters. The lowest BCUT2D eigenvalue weighted by Crippen LogP contribution is -2.46. The molecule has 1 aromatic carbocycles. The molecule has 21 heavy (non-hydrogen) atoms. The Morgan fingerprint density at radius 1 is 1.33 bits per heavy atom. The van der Waals surface area contributed by atoms with E-state index in [1.165, 1.54) is 0 Å². The zero-order chi connectivity index (χ0) is 16.0. The molecule has 1 amide bonds. The van der Waals surface area contributed by atoms with Crippen molar-refractivity contribution in [3.63, 3.8) is 0 Å². The molecule has 5 nitrogen and oxygen atoms in total. The second-order valence-electron chi connectivity index (χ2n) is 5.69. The molecule has 0 saturated carbocycles. The number of anilines is 1. The predicted molar refractivity (Wildman–Crippen MR) is 83.3 cm³/mol. The van der Waals surface area contributed by atoms with Gasteiger partial charge in [-0.25, -0.2) is 4.79 Å². The molecule has 2 N–H and O–H groups in total. The summed E-state index contributed by atoms with van der Waals surface area (Å²) in [5, 5.41) is 15.5. The van der Waals surface area contributed by atoms with Crippen molar-refractivity contribution in [1.29, 1.82) is 5.26 Å². The van der Waals surface area contributed by atoms with Crippen LogP contribution in [0.1, 0.15) is 27.7 Å². The monoisotopic (exact) mass is 309 g/mol. The highest BCUT2D eigenvalue weighted by molar-refractivity contribution is 6.30. The van der Waals surface area contributed by atoms with E-state index in [4.69, 9.17) is 16.3 Å². The number of amides is 1. The number of nitriles is 1. The summed E-state index contributed by atoms with van der Waals surface area (Å²) in [7, 11) is 0. The fourth-order valence-corrected chi connectivity index (χ4v) is 1.70. The summed E-state index contributed by atoms with van der Waals surface area (Å²) in [6, 6.07) is 8.11. The van der Waals surface area contributed by atoms with E-state index >= 15 is 0 Å². The van der Waals surface area contributed by atoms with Gasteiger partial charge in [0.05, 0.1) is 12.1 Å². The number of carbonyl (C=O) groups is 1. The van der Waals surface area contributed by atoms with Gasteiger partial charge in [0.1, 0.15) is 11.6 Å². The summed E-state index contributed by atoms with van der Waals surface area (Å²) < 4.78 is 5.16. The van der Waals surface area contributed by atoms with Crippen LogP contribution in [0.5, 0.6) is 0 Å². The number of rotatable bonds is 4. The van der Waals surface area contributed by atoms with Crippen LogP contribution in [0.4, 0.5) is 10.5 Å². The van der Waals surface area contributed by atoms with E-state index < -0.39 is 23.8 Å². The van der Waals surface area contributed by atoms with Crippen molar-refractivity contribution in [3.05, 3.63) is 29.3 Å². The van der Waals surface area contributed by atoms with Gasteiger partial charge in [-0.2, -0.15) is 5.26 Å². The van der Waals surface area contributed by atoms with Crippen molar-refractivity contribution in [3.8, 4) is 6.07 Å². The van der Waals surface area contributed by atoms with Crippen molar-refractivity contribution in [2.24, 2.45) is 0 Å². The Morgan fingerprint density at radius 2 is 1.90 bits per heavy atom. The first-order chi connectivity index (χ1) is 9.71. The normalized spacial score (nSPS) is 13.7. The molecule has 0 saturated heterocycles. The van der Waals surface area contributed by atoms with Crippen molar-refractivity contribution >= 4 is 23.4 Å². The molecule has 0 radical (unpaired) electrons. The number of hydrogen-bond acceptors (Lipinski definition) is 4. The molecule has 0 aromatic heterocycles. The van der Waals surface area contributed by atoms with Gasteiger partial charge in [0.25, 0.3) is 0 Å². The Bertz CT molecular complexity index is 517. The van der Waals surface area contributed by atoms with Crippen LogP contribution in [0.2, 0.25) is 5.02 Å². The maximum Gasteiger partial charge on any atom is 0.407 e. The highest BCUT2D eigenvalue weighted by atomic mass is 35.5. The lowest BCUT2D eigenvalue weighted by molar-refractivity contribution is 0.0507. The van der Waals surface area contributed by atoms with E-state index in [2.05, 4.69) is 16.7 Å². The second-order valence-corrected chi connectivity index (χ2v) is 6.13. The molecular formula is C15H20ClN3O2. The molecule has 1 aromatic rings. The van der Waals surface area contributed by atoms with Crippen LogP contribution >= 0.6 is 11.6 Å². The summed E-state index contributed by atoms with van der Waals surface area (Å²) in [6.45, 7) is 7.08. The minimum atomic E-state index is -0.585. The molecule has 0 bridgehead atoms. The van der Waals surface area contributed by atoms with E-state index in [9.17, 15) is 10.1 Å². The van der Waals surface area contributed by atoms with E-state index in [0.29, 0.717) is 5.02 Å². The maximum atomic E-state index is 11.7. The van der Waals surface area contributed by atoms with Gasteiger partial charge >= 0.3 is 6.09 Å². The number of carbonyl (C=O) groups excluding carboxylic acids is 1. The van der Waals surface area contributed by atoms with Crippen molar-refractivity contribution < 1.29 is 9.53 Å². The highest BCUT2D eigenvalue weighted by Crippen LogP contribution is 2.15. The quantitative estimate of drug-likeness (QED) is 0.892.